The molecule has 0 fully saturated rings. The molecule has 0 aromatic carbocycles. The average molecular weight is 203 g/mol. The highest BCUT2D eigenvalue weighted by atomic mass is 35.5. The maximum atomic E-state index is 9.63. The Bertz CT molecular complexity index is 288. The summed E-state index contributed by atoms with van der Waals surface area (Å²) >= 11 is 5.89. The summed E-state index contributed by atoms with van der Waals surface area (Å²) in [6.45, 7) is 6.36. The lowest BCUT2D eigenvalue weighted by Gasteiger charge is -2.17. The molecule has 4 heteroatoms. The van der Waals surface area contributed by atoms with E-state index in [0.717, 1.165) is 12.2 Å². The van der Waals surface area contributed by atoms with Gasteiger partial charge in [0.2, 0.25) is 0 Å². The SMILES string of the molecule is CCn1cnc(Cl)c1CC(C)(C)O. The van der Waals surface area contributed by atoms with Crippen molar-refractivity contribution >= 4 is 11.6 Å². The number of nitrogens with zero attached hydrogens (tertiary/aromatic N) is 2. The van der Waals surface area contributed by atoms with Crippen LogP contribution < -0.4 is 0 Å². The van der Waals surface area contributed by atoms with Gasteiger partial charge in [0.1, 0.15) is 5.15 Å². The van der Waals surface area contributed by atoms with Gasteiger partial charge in [-0.15, -0.1) is 0 Å². The number of aliphatic hydroxyl groups is 1. The number of hydrogen-bond acceptors (Lipinski definition) is 2. The first-order valence-electron chi connectivity index (χ1n) is 4.36. The number of halogens is 1. The molecule has 0 unspecified atom stereocenters. The minimum Gasteiger partial charge on any atom is -0.390 e. The van der Waals surface area contributed by atoms with Crippen molar-refractivity contribution in [3.63, 3.8) is 0 Å². The van der Waals surface area contributed by atoms with Crippen molar-refractivity contribution in [2.75, 3.05) is 0 Å². The minimum absolute atomic E-state index is 0.490. The van der Waals surface area contributed by atoms with Crippen LogP contribution in [0.3, 0.4) is 0 Å². The van der Waals surface area contributed by atoms with E-state index in [0.29, 0.717) is 11.6 Å². The van der Waals surface area contributed by atoms with E-state index in [1.165, 1.54) is 0 Å². The van der Waals surface area contributed by atoms with Crippen molar-refractivity contribution in [1.29, 1.82) is 0 Å². The number of hydrogen-bond donors (Lipinski definition) is 1. The molecule has 1 heterocycles. The van der Waals surface area contributed by atoms with Gasteiger partial charge >= 0.3 is 0 Å². The van der Waals surface area contributed by atoms with E-state index in [9.17, 15) is 5.11 Å². The molecular formula is C9H15ClN2O. The summed E-state index contributed by atoms with van der Waals surface area (Å²) < 4.78 is 1.94. The predicted molar refractivity (Wildman–Crippen MR) is 52.9 cm³/mol. The van der Waals surface area contributed by atoms with Gasteiger partial charge < -0.3 is 9.67 Å². The third kappa shape index (κ3) is 2.71. The molecule has 0 bridgehead atoms. The Labute approximate surface area is 83.4 Å². The van der Waals surface area contributed by atoms with Crippen molar-refractivity contribution in [1.82, 2.24) is 9.55 Å². The number of imidazole rings is 1. The highest BCUT2D eigenvalue weighted by Gasteiger charge is 2.18. The minimum atomic E-state index is -0.739. The first-order valence-corrected chi connectivity index (χ1v) is 4.73. The number of aryl methyl sites for hydroxylation is 1. The lowest BCUT2D eigenvalue weighted by molar-refractivity contribution is 0.0790. The Hall–Kier alpha value is -0.540. The van der Waals surface area contributed by atoms with Crippen LogP contribution in [0.4, 0.5) is 0 Å². The molecule has 3 nitrogen and oxygen atoms in total. The van der Waals surface area contributed by atoms with E-state index < -0.39 is 5.60 Å². The summed E-state index contributed by atoms with van der Waals surface area (Å²) in [5.74, 6) is 0. The molecule has 0 aliphatic rings. The van der Waals surface area contributed by atoms with E-state index >= 15 is 0 Å². The van der Waals surface area contributed by atoms with E-state index in [1.807, 2.05) is 11.5 Å². The molecule has 0 saturated carbocycles. The Balaban J connectivity index is 2.92. The topological polar surface area (TPSA) is 38.0 Å². The maximum absolute atomic E-state index is 9.63. The number of aromatic nitrogens is 2. The molecule has 1 N–H and O–H groups in total. The molecule has 1 aromatic rings. The summed E-state index contributed by atoms with van der Waals surface area (Å²) in [7, 11) is 0. The molecule has 13 heavy (non-hydrogen) atoms. The van der Waals surface area contributed by atoms with Gasteiger partial charge in [0.25, 0.3) is 0 Å². The molecule has 1 rings (SSSR count). The van der Waals surface area contributed by atoms with Gasteiger partial charge in [0.15, 0.2) is 0 Å². The second-order valence-electron chi connectivity index (χ2n) is 3.76. The van der Waals surface area contributed by atoms with Crippen LogP contribution in [0.2, 0.25) is 5.15 Å². The molecule has 0 amide bonds. The van der Waals surface area contributed by atoms with Crippen molar-refractivity contribution in [2.45, 2.75) is 39.3 Å². The Morgan fingerprint density at radius 1 is 1.62 bits per heavy atom. The zero-order chi connectivity index (χ0) is 10.1. The van der Waals surface area contributed by atoms with E-state index in [1.54, 1.807) is 20.2 Å². The van der Waals surface area contributed by atoms with Gasteiger partial charge in [-0.1, -0.05) is 11.6 Å². The van der Waals surface area contributed by atoms with Gasteiger partial charge in [-0.2, -0.15) is 0 Å². The van der Waals surface area contributed by atoms with Gasteiger partial charge in [-0.25, -0.2) is 4.98 Å². The fourth-order valence-electron chi connectivity index (χ4n) is 1.24. The number of rotatable bonds is 3. The average Bonchev–Trinajstić information content (AvgIpc) is 2.30. The highest BCUT2D eigenvalue weighted by molar-refractivity contribution is 6.30. The van der Waals surface area contributed by atoms with Crippen LogP contribution >= 0.6 is 11.6 Å². The molecule has 0 aliphatic carbocycles. The summed E-state index contributed by atoms with van der Waals surface area (Å²) in [4.78, 5) is 3.99. The third-order valence-electron chi connectivity index (χ3n) is 1.84. The van der Waals surface area contributed by atoms with Crippen LogP contribution in [0, 0.1) is 0 Å². The quantitative estimate of drug-likeness (QED) is 0.813. The van der Waals surface area contributed by atoms with E-state index in [2.05, 4.69) is 4.98 Å². The molecule has 0 saturated heterocycles. The van der Waals surface area contributed by atoms with Crippen molar-refractivity contribution in [3.05, 3.63) is 17.2 Å². The second kappa shape index (κ2) is 3.68. The first kappa shape index (κ1) is 10.5. The zero-order valence-corrected chi connectivity index (χ0v) is 8.97. The lowest BCUT2D eigenvalue weighted by atomic mass is 10.0. The standard InChI is InChI=1S/C9H15ClN2O/c1-4-12-6-11-8(10)7(12)5-9(2,3)13/h6,13H,4-5H2,1-3H3. The third-order valence-corrected chi connectivity index (χ3v) is 2.15. The second-order valence-corrected chi connectivity index (χ2v) is 4.12. The lowest BCUT2D eigenvalue weighted by Crippen LogP contribution is -2.23. The molecular weight excluding hydrogens is 188 g/mol. The molecule has 0 aliphatic heterocycles. The Morgan fingerprint density at radius 2 is 2.23 bits per heavy atom. The van der Waals surface area contributed by atoms with Crippen LogP contribution in [0.5, 0.6) is 0 Å². The summed E-state index contributed by atoms with van der Waals surface area (Å²) in [6, 6.07) is 0. The normalized spacial score (nSPS) is 12.1. The maximum Gasteiger partial charge on any atom is 0.150 e. The first-order chi connectivity index (χ1) is 5.94. The van der Waals surface area contributed by atoms with Gasteiger partial charge in [0.05, 0.1) is 17.6 Å². The van der Waals surface area contributed by atoms with Crippen LogP contribution in [0.25, 0.3) is 0 Å². The monoisotopic (exact) mass is 202 g/mol. The Kier molecular flexibility index (Phi) is 2.98. The van der Waals surface area contributed by atoms with Gasteiger partial charge in [-0.3, -0.25) is 0 Å². The zero-order valence-electron chi connectivity index (χ0n) is 8.21. The van der Waals surface area contributed by atoms with Crippen LogP contribution in [0.1, 0.15) is 26.5 Å². The van der Waals surface area contributed by atoms with E-state index in [-0.39, 0.29) is 0 Å². The summed E-state index contributed by atoms with van der Waals surface area (Å²) in [5, 5.41) is 10.1. The largest absolute Gasteiger partial charge is 0.390 e. The molecule has 0 spiro atoms. The van der Waals surface area contributed by atoms with Crippen molar-refractivity contribution < 1.29 is 5.11 Å². The van der Waals surface area contributed by atoms with Crippen LogP contribution in [-0.2, 0) is 13.0 Å². The fraction of sp³-hybridized carbons (Fsp3) is 0.667. The molecule has 74 valence electrons. The van der Waals surface area contributed by atoms with Crippen LogP contribution in [-0.4, -0.2) is 20.3 Å². The predicted octanol–water partition coefficient (Wildman–Crippen LogP) is 1.87. The molecule has 0 atom stereocenters. The van der Waals surface area contributed by atoms with Crippen molar-refractivity contribution in [2.24, 2.45) is 0 Å². The Morgan fingerprint density at radius 3 is 2.69 bits per heavy atom. The van der Waals surface area contributed by atoms with Crippen LogP contribution in [0.15, 0.2) is 6.33 Å². The molecule has 0 radical (unpaired) electrons. The molecule has 1 aromatic heterocycles. The highest BCUT2D eigenvalue weighted by Crippen LogP contribution is 2.19. The van der Waals surface area contributed by atoms with E-state index in [4.69, 9.17) is 11.6 Å². The summed E-state index contributed by atoms with van der Waals surface area (Å²) in [5.41, 5.74) is 0.160. The van der Waals surface area contributed by atoms with Gasteiger partial charge in [-0.05, 0) is 20.8 Å². The summed E-state index contributed by atoms with van der Waals surface area (Å²) in [6.07, 6.45) is 2.23. The fourth-order valence-corrected chi connectivity index (χ4v) is 1.46. The van der Waals surface area contributed by atoms with Gasteiger partial charge in [0, 0.05) is 13.0 Å². The smallest absolute Gasteiger partial charge is 0.150 e. The van der Waals surface area contributed by atoms with Crippen molar-refractivity contribution in [3.8, 4) is 0 Å².